The number of aliphatic hydroxyl groups excluding tert-OH is 1. The van der Waals surface area contributed by atoms with Crippen molar-refractivity contribution in [3.8, 4) is 0 Å². The topological polar surface area (TPSA) is 47.0 Å². The van der Waals surface area contributed by atoms with Crippen molar-refractivity contribution in [1.82, 2.24) is 14.7 Å². The number of hydrogen-bond acceptors (Lipinski definition) is 4. The average Bonchev–Trinajstić information content (AvgIpc) is 3.25. The summed E-state index contributed by atoms with van der Waals surface area (Å²) >= 11 is 0. The maximum absolute atomic E-state index is 12.8. The van der Waals surface area contributed by atoms with Crippen molar-refractivity contribution in [2.24, 2.45) is 0 Å². The number of rotatable bonds is 2. The number of hydrogen-bond donors (Lipinski definition) is 1. The molecule has 1 saturated carbocycles. The molecule has 1 N–H and O–H groups in total. The molecule has 0 radical (unpaired) electrons. The van der Waals surface area contributed by atoms with Crippen molar-refractivity contribution in [3.05, 3.63) is 23.6 Å². The van der Waals surface area contributed by atoms with Gasteiger partial charge in [-0.1, -0.05) is 0 Å². The summed E-state index contributed by atoms with van der Waals surface area (Å²) in [5.41, 5.74) is 1.08. The molecule has 20 heavy (non-hydrogen) atoms. The molecule has 2 heterocycles. The number of likely N-dealkylation sites (N-methyl/N-ethyl adjacent to an activating group) is 1. The number of nitrogens with zero attached hydrogens (tertiary/aromatic N) is 3. The van der Waals surface area contributed by atoms with E-state index in [0.717, 1.165) is 44.7 Å². The molecule has 0 spiro atoms. The first-order valence-corrected chi connectivity index (χ1v) is 7.41. The highest BCUT2D eigenvalue weighted by Crippen LogP contribution is 2.35. The highest BCUT2D eigenvalue weighted by Gasteiger charge is 2.42. The summed E-state index contributed by atoms with van der Waals surface area (Å²) in [6.07, 6.45) is 5.81. The Kier molecular flexibility index (Phi) is 3.46. The van der Waals surface area contributed by atoms with Gasteiger partial charge in [-0.2, -0.15) is 0 Å². The van der Waals surface area contributed by atoms with Gasteiger partial charge in [0.15, 0.2) is 6.04 Å². The Morgan fingerprint density at radius 1 is 1.20 bits per heavy atom. The lowest BCUT2D eigenvalue weighted by Crippen LogP contribution is -2.55. The molecule has 3 rings (SSSR count). The van der Waals surface area contributed by atoms with E-state index in [1.807, 2.05) is 17.9 Å². The van der Waals surface area contributed by atoms with Crippen LogP contribution >= 0.6 is 0 Å². The first kappa shape index (κ1) is 13.5. The fourth-order valence-electron chi connectivity index (χ4n) is 3.03. The third-order valence-electron chi connectivity index (χ3n) is 4.45. The Balaban J connectivity index is 1.78. The van der Waals surface area contributed by atoms with E-state index in [1.54, 1.807) is 6.08 Å². The van der Waals surface area contributed by atoms with Crippen molar-refractivity contribution in [3.63, 3.8) is 0 Å². The summed E-state index contributed by atoms with van der Waals surface area (Å²) in [5, 5.41) is 10.2. The van der Waals surface area contributed by atoms with Crippen LogP contribution < -0.4 is 0 Å². The second-order valence-electron chi connectivity index (χ2n) is 6.07. The van der Waals surface area contributed by atoms with Crippen molar-refractivity contribution >= 4 is 5.91 Å². The first-order chi connectivity index (χ1) is 9.58. The van der Waals surface area contributed by atoms with E-state index in [0.29, 0.717) is 6.04 Å². The molecule has 3 aliphatic rings. The van der Waals surface area contributed by atoms with Gasteiger partial charge in [0, 0.05) is 37.9 Å². The SMILES string of the molecule is CC1=CC=C(O)C(C(=O)N2CCN(C)CC2)N1C1CC1. The minimum atomic E-state index is -0.504. The van der Waals surface area contributed by atoms with Gasteiger partial charge in [0.2, 0.25) is 0 Å². The molecule has 1 saturated heterocycles. The van der Waals surface area contributed by atoms with Crippen LogP contribution in [0.2, 0.25) is 0 Å². The van der Waals surface area contributed by atoms with Crippen LogP contribution in [0.25, 0.3) is 0 Å². The van der Waals surface area contributed by atoms with E-state index in [1.165, 1.54) is 0 Å². The molecule has 0 aromatic carbocycles. The maximum Gasteiger partial charge on any atom is 0.253 e. The van der Waals surface area contributed by atoms with Gasteiger partial charge in [0.1, 0.15) is 5.76 Å². The average molecular weight is 277 g/mol. The molecular weight excluding hydrogens is 254 g/mol. The lowest BCUT2D eigenvalue weighted by Gasteiger charge is -2.40. The smallest absolute Gasteiger partial charge is 0.253 e. The zero-order valence-corrected chi connectivity index (χ0v) is 12.2. The highest BCUT2D eigenvalue weighted by molar-refractivity contribution is 5.85. The summed E-state index contributed by atoms with van der Waals surface area (Å²) in [7, 11) is 2.07. The van der Waals surface area contributed by atoms with Gasteiger partial charge < -0.3 is 19.8 Å². The van der Waals surface area contributed by atoms with Crippen LogP contribution in [0.5, 0.6) is 0 Å². The molecule has 5 nitrogen and oxygen atoms in total. The Labute approximate surface area is 120 Å². The molecule has 2 fully saturated rings. The minimum Gasteiger partial charge on any atom is -0.510 e. The molecule has 0 aromatic rings. The van der Waals surface area contributed by atoms with E-state index in [2.05, 4.69) is 16.8 Å². The molecule has 1 aliphatic carbocycles. The molecule has 0 aromatic heterocycles. The summed E-state index contributed by atoms with van der Waals surface area (Å²) in [4.78, 5) is 19.0. The normalized spacial score (nSPS) is 28.2. The molecule has 1 atom stereocenters. The zero-order valence-electron chi connectivity index (χ0n) is 12.2. The van der Waals surface area contributed by atoms with Gasteiger partial charge in [-0.05, 0) is 39.0 Å². The zero-order chi connectivity index (χ0) is 14.3. The van der Waals surface area contributed by atoms with E-state index in [4.69, 9.17) is 0 Å². The van der Waals surface area contributed by atoms with Crippen LogP contribution in [0, 0.1) is 0 Å². The molecule has 1 unspecified atom stereocenters. The number of carbonyl (C=O) groups excluding carboxylic acids is 1. The van der Waals surface area contributed by atoms with Crippen LogP contribution in [0.3, 0.4) is 0 Å². The molecule has 0 bridgehead atoms. The lowest BCUT2D eigenvalue weighted by atomic mass is 10.1. The van der Waals surface area contributed by atoms with Crippen molar-refractivity contribution in [1.29, 1.82) is 0 Å². The summed E-state index contributed by atoms with van der Waals surface area (Å²) in [6, 6.07) is -0.0839. The predicted molar refractivity (Wildman–Crippen MR) is 77.2 cm³/mol. The van der Waals surface area contributed by atoms with Gasteiger partial charge in [0.05, 0.1) is 0 Å². The molecular formula is C15H23N3O2. The lowest BCUT2D eigenvalue weighted by molar-refractivity contribution is -0.137. The van der Waals surface area contributed by atoms with E-state index in [9.17, 15) is 9.90 Å². The van der Waals surface area contributed by atoms with Crippen LogP contribution in [0.15, 0.2) is 23.6 Å². The summed E-state index contributed by atoms with van der Waals surface area (Å²) in [5.74, 6) is 0.234. The third-order valence-corrected chi connectivity index (χ3v) is 4.45. The number of carbonyl (C=O) groups is 1. The van der Waals surface area contributed by atoms with Crippen molar-refractivity contribution in [2.75, 3.05) is 33.2 Å². The fraction of sp³-hybridized carbons (Fsp3) is 0.667. The van der Waals surface area contributed by atoms with Crippen LogP contribution in [0.1, 0.15) is 19.8 Å². The number of allylic oxidation sites excluding steroid dienone is 3. The van der Waals surface area contributed by atoms with Crippen LogP contribution in [-0.4, -0.2) is 71.0 Å². The second kappa shape index (κ2) is 5.13. The minimum absolute atomic E-state index is 0.0474. The fourth-order valence-corrected chi connectivity index (χ4v) is 3.03. The number of aliphatic hydroxyl groups is 1. The molecule has 5 heteroatoms. The van der Waals surface area contributed by atoms with E-state index < -0.39 is 6.04 Å². The summed E-state index contributed by atoms with van der Waals surface area (Å²) in [6.45, 7) is 5.33. The molecule has 2 aliphatic heterocycles. The van der Waals surface area contributed by atoms with Crippen LogP contribution in [-0.2, 0) is 4.79 Å². The standard InChI is InChI=1S/C15H23N3O2/c1-11-3-6-13(19)14(18(11)12-4-5-12)15(20)17-9-7-16(2)8-10-17/h3,6,12,14,19H,4-5,7-10H2,1-2H3. The van der Waals surface area contributed by atoms with E-state index >= 15 is 0 Å². The van der Waals surface area contributed by atoms with Crippen molar-refractivity contribution < 1.29 is 9.90 Å². The van der Waals surface area contributed by atoms with Gasteiger partial charge in [-0.3, -0.25) is 4.79 Å². The maximum atomic E-state index is 12.8. The monoisotopic (exact) mass is 277 g/mol. The quantitative estimate of drug-likeness (QED) is 0.816. The predicted octanol–water partition coefficient (Wildman–Crippen LogP) is 0.953. The van der Waals surface area contributed by atoms with Gasteiger partial charge >= 0.3 is 0 Å². The molecule has 110 valence electrons. The van der Waals surface area contributed by atoms with Crippen LogP contribution in [0.4, 0.5) is 0 Å². The van der Waals surface area contributed by atoms with Gasteiger partial charge in [-0.25, -0.2) is 0 Å². The van der Waals surface area contributed by atoms with E-state index in [-0.39, 0.29) is 11.7 Å². The van der Waals surface area contributed by atoms with Crippen molar-refractivity contribution in [2.45, 2.75) is 31.8 Å². The van der Waals surface area contributed by atoms with Gasteiger partial charge in [0.25, 0.3) is 5.91 Å². The molecule has 1 amide bonds. The third kappa shape index (κ3) is 2.42. The largest absolute Gasteiger partial charge is 0.510 e. The van der Waals surface area contributed by atoms with Gasteiger partial charge in [-0.15, -0.1) is 0 Å². The summed E-state index contributed by atoms with van der Waals surface area (Å²) < 4.78 is 0. The Hall–Kier alpha value is -1.49. The Morgan fingerprint density at radius 2 is 1.85 bits per heavy atom. The second-order valence-corrected chi connectivity index (χ2v) is 6.07. The number of amides is 1. The number of piperazine rings is 1. The Morgan fingerprint density at radius 3 is 2.45 bits per heavy atom. The highest BCUT2D eigenvalue weighted by atomic mass is 16.3. The first-order valence-electron chi connectivity index (χ1n) is 7.41. The Bertz CT molecular complexity index is 460.